The molecule has 106 valence electrons. The zero-order valence-electron chi connectivity index (χ0n) is 11.5. The summed E-state index contributed by atoms with van der Waals surface area (Å²) in [6.45, 7) is 3.56. The third-order valence-electron chi connectivity index (χ3n) is 3.82. The van der Waals surface area contributed by atoms with Gasteiger partial charge in [-0.1, -0.05) is 23.0 Å². The second kappa shape index (κ2) is 4.47. The molecule has 0 unspecified atom stereocenters. The van der Waals surface area contributed by atoms with E-state index in [9.17, 15) is 9.59 Å². The third kappa shape index (κ3) is 1.83. The van der Waals surface area contributed by atoms with Crippen LogP contribution >= 0.6 is 11.3 Å². The Morgan fingerprint density at radius 2 is 2.05 bits per heavy atom. The molecule has 2 aromatic rings. The van der Waals surface area contributed by atoms with E-state index in [0.29, 0.717) is 16.3 Å². The lowest BCUT2D eigenvalue weighted by Crippen LogP contribution is -2.29. The number of fused-ring (bicyclic) bond motifs is 2. The van der Waals surface area contributed by atoms with Gasteiger partial charge in [0, 0.05) is 24.4 Å². The van der Waals surface area contributed by atoms with Gasteiger partial charge in [0.15, 0.2) is 5.13 Å². The predicted octanol–water partition coefficient (Wildman–Crippen LogP) is 1.90. The number of carbonyl (C=O) groups excluding carboxylic acids is 2. The monoisotopic (exact) mass is 299 g/mol. The molecule has 0 fully saturated rings. The maximum Gasteiger partial charge on any atom is 0.268 e. The van der Waals surface area contributed by atoms with Gasteiger partial charge in [0.1, 0.15) is 0 Å². The number of aryl methyl sites for hydroxylation is 1. The molecule has 0 saturated carbocycles. The minimum atomic E-state index is -0.269. The van der Waals surface area contributed by atoms with Crippen molar-refractivity contribution in [2.24, 2.45) is 0 Å². The van der Waals surface area contributed by atoms with E-state index in [2.05, 4.69) is 10.3 Å². The van der Waals surface area contributed by atoms with Crippen LogP contribution in [0.1, 0.15) is 36.9 Å². The van der Waals surface area contributed by atoms with Gasteiger partial charge < -0.3 is 5.32 Å². The van der Waals surface area contributed by atoms with E-state index in [-0.39, 0.29) is 11.8 Å². The Morgan fingerprint density at radius 3 is 2.86 bits per heavy atom. The van der Waals surface area contributed by atoms with Crippen LogP contribution in [-0.4, -0.2) is 23.3 Å². The van der Waals surface area contributed by atoms with Crippen LogP contribution in [0.15, 0.2) is 18.2 Å². The molecule has 1 N–H and O–H groups in total. The summed E-state index contributed by atoms with van der Waals surface area (Å²) in [5.41, 5.74) is 2.92. The maximum absolute atomic E-state index is 12.5. The number of hydrogen-bond acceptors (Lipinski definition) is 5. The molecule has 0 saturated heterocycles. The minimum absolute atomic E-state index is 0.266. The summed E-state index contributed by atoms with van der Waals surface area (Å²) in [6, 6.07) is 5.34. The fraction of sp³-hybridized carbons (Fsp3) is 0.267. The number of nitrogens with one attached hydrogen (secondary N) is 1. The number of amides is 2. The average Bonchev–Trinajstić information content (AvgIpc) is 2.99. The van der Waals surface area contributed by atoms with Crippen molar-refractivity contribution in [3.8, 4) is 0 Å². The van der Waals surface area contributed by atoms with Crippen LogP contribution in [-0.2, 0) is 13.0 Å². The fourth-order valence-corrected chi connectivity index (χ4v) is 3.81. The van der Waals surface area contributed by atoms with E-state index >= 15 is 0 Å². The lowest BCUT2D eigenvalue weighted by atomic mass is 10.1. The number of carbonyl (C=O) groups is 2. The third-order valence-corrected chi connectivity index (χ3v) is 4.91. The van der Waals surface area contributed by atoms with Crippen molar-refractivity contribution in [1.82, 2.24) is 10.3 Å². The number of nitrogens with zero attached hydrogens (tertiary/aromatic N) is 2. The first kappa shape index (κ1) is 12.7. The van der Waals surface area contributed by atoms with Crippen molar-refractivity contribution in [3.05, 3.63) is 45.5 Å². The Labute approximate surface area is 125 Å². The number of benzene rings is 1. The molecule has 0 radical (unpaired) electrons. The highest BCUT2D eigenvalue weighted by molar-refractivity contribution is 7.16. The van der Waals surface area contributed by atoms with Gasteiger partial charge in [0.25, 0.3) is 11.8 Å². The van der Waals surface area contributed by atoms with Crippen molar-refractivity contribution in [1.29, 1.82) is 0 Å². The number of thiazole rings is 1. The lowest BCUT2D eigenvalue weighted by Gasteiger charge is -2.09. The van der Waals surface area contributed by atoms with E-state index in [1.165, 1.54) is 16.2 Å². The zero-order chi connectivity index (χ0) is 14.6. The molecule has 2 aliphatic heterocycles. The smallest absolute Gasteiger partial charge is 0.268 e. The van der Waals surface area contributed by atoms with E-state index < -0.39 is 0 Å². The zero-order valence-corrected chi connectivity index (χ0v) is 12.3. The van der Waals surface area contributed by atoms with Gasteiger partial charge in [0.2, 0.25) is 0 Å². The van der Waals surface area contributed by atoms with Crippen LogP contribution < -0.4 is 10.2 Å². The first-order valence-electron chi connectivity index (χ1n) is 6.84. The van der Waals surface area contributed by atoms with Crippen LogP contribution in [0.25, 0.3) is 0 Å². The largest absolute Gasteiger partial charge is 0.311 e. The Hall–Kier alpha value is -2.05. The first-order valence-corrected chi connectivity index (χ1v) is 7.65. The van der Waals surface area contributed by atoms with E-state index in [1.54, 1.807) is 12.1 Å². The van der Waals surface area contributed by atoms with Gasteiger partial charge in [0.05, 0.1) is 16.8 Å². The van der Waals surface area contributed by atoms with Gasteiger partial charge >= 0.3 is 0 Å². The molecule has 0 spiro atoms. The molecule has 0 aliphatic carbocycles. The summed E-state index contributed by atoms with van der Waals surface area (Å²) in [4.78, 5) is 31.8. The van der Waals surface area contributed by atoms with Crippen molar-refractivity contribution in [2.75, 3.05) is 11.4 Å². The molecule has 0 bridgehead atoms. The summed E-state index contributed by atoms with van der Waals surface area (Å²) >= 11 is 1.43. The fourth-order valence-electron chi connectivity index (χ4n) is 2.74. The molecule has 21 heavy (non-hydrogen) atoms. The van der Waals surface area contributed by atoms with E-state index in [0.717, 1.165) is 35.6 Å². The molecule has 6 heteroatoms. The molecule has 1 aromatic carbocycles. The number of imide groups is 1. The summed E-state index contributed by atoms with van der Waals surface area (Å²) in [7, 11) is 0. The molecule has 2 amide bonds. The van der Waals surface area contributed by atoms with Gasteiger partial charge in [-0.15, -0.1) is 0 Å². The summed E-state index contributed by atoms with van der Waals surface area (Å²) in [5.74, 6) is -0.535. The van der Waals surface area contributed by atoms with Crippen molar-refractivity contribution >= 4 is 28.3 Å². The van der Waals surface area contributed by atoms with Crippen LogP contribution in [0.3, 0.4) is 0 Å². The predicted molar refractivity (Wildman–Crippen MR) is 79.8 cm³/mol. The molecule has 4 rings (SSSR count). The minimum Gasteiger partial charge on any atom is -0.311 e. The second-order valence-corrected chi connectivity index (χ2v) is 6.35. The van der Waals surface area contributed by atoms with Crippen LogP contribution in [0.4, 0.5) is 5.13 Å². The van der Waals surface area contributed by atoms with Gasteiger partial charge in [-0.3, -0.25) is 9.59 Å². The SMILES string of the molecule is Cc1ccc2c(c1)C(=O)N(c1nc3c(s1)CNCC3)C2=O. The van der Waals surface area contributed by atoms with Crippen LogP contribution in [0.2, 0.25) is 0 Å². The van der Waals surface area contributed by atoms with Gasteiger partial charge in [-0.2, -0.15) is 0 Å². The first-order chi connectivity index (χ1) is 10.1. The van der Waals surface area contributed by atoms with Crippen LogP contribution in [0, 0.1) is 6.92 Å². The second-order valence-electron chi connectivity index (χ2n) is 5.29. The molecule has 2 aliphatic rings. The van der Waals surface area contributed by atoms with E-state index in [4.69, 9.17) is 0 Å². The highest BCUT2D eigenvalue weighted by Gasteiger charge is 2.38. The number of anilines is 1. The number of rotatable bonds is 1. The molecule has 0 atom stereocenters. The summed E-state index contributed by atoms with van der Waals surface area (Å²) in [5, 5.41) is 3.77. The van der Waals surface area contributed by atoms with Gasteiger partial charge in [-0.05, 0) is 19.1 Å². The lowest BCUT2D eigenvalue weighted by molar-refractivity contribution is 0.0926. The molecular weight excluding hydrogens is 286 g/mol. The molecule has 3 heterocycles. The van der Waals surface area contributed by atoms with Gasteiger partial charge in [-0.25, -0.2) is 9.88 Å². The molecule has 1 aromatic heterocycles. The Morgan fingerprint density at radius 1 is 1.24 bits per heavy atom. The Balaban J connectivity index is 1.79. The molecular formula is C15H13N3O2S. The standard InChI is InChI=1S/C15H13N3O2S/c1-8-2-3-9-10(6-8)14(20)18(13(9)19)15-17-11-4-5-16-7-12(11)21-15/h2-3,6,16H,4-5,7H2,1H3. The Kier molecular flexibility index (Phi) is 2.70. The van der Waals surface area contributed by atoms with Crippen molar-refractivity contribution in [3.63, 3.8) is 0 Å². The summed E-state index contributed by atoms with van der Waals surface area (Å²) in [6.07, 6.45) is 0.841. The van der Waals surface area contributed by atoms with Crippen molar-refractivity contribution in [2.45, 2.75) is 19.9 Å². The summed E-state index contributed by atoms with van der Waals surface area (Å²) < 4.78 is 0. The normalized spacial score (nSPS) is 17.1. The Bertz CT molecular complexity index is 758. The maximum atomic E-state index is 12.5. The number of hydrogen-bond donors (Lipinski definition) is 1. The van der Waals surface area contributed by atoms with Crippen molar-refractivity contribution < 1.29 is 9.59 Å². The topological polar surface area (TPSA) is 62.3 Å². The average molecular weight is 299 g/mol. The van der Waals surface area contributed by atoms with E-state index in [1.807, 2.05) is 13.0 Å². The quantitative estimate of drug-likeness (QED) is 0.817. The van der Waals surface area contributed by atoms with Crippen LogP contribution in [0.5, 0.6) is 0 Å². The molecule has 5 nitrogen and oxygen atoms in total. The highest BCUT2D eigenvalue weighted by Crippen LogP contribution is 2.34. The number of aromatic nitrogens is 1. The highest BCUT2D eigenvalue weighted by atomic mass is 32.1.